The third kappa shape index (κ3) is 5.28. The first-order chi connectivity index (χ1) is 12.1. The molecule has 136 valence electrons. The average molecular weight is 362 g/mol. The third-order valence-corrected chi connectivity index (χ3v) is 5.27. The van der Waals surface area contributed by atoms with Crippen LogP contribution in [0.25, 0.3) is 6.08 Å². The predicted molar refractivity (Wildman–Crippen MR) is 104 cm³/mol. The summed E-state index contributed by atoms with van der Waals surface area (Å²) >= 11 is 1.45. The predicted octanol–water partition coefficient (Wildman–Crippen LogP) is 3.40. The lowest BCUT2D eigenvalue weighted by atomic mass is 10.2. The highest BCUT2D eigenvalue weighted by Gasteiger charge is 2.21. The van der Waals surface area contributed by atoms with Gasteiger partial charge in [0.2, 0.25) is 0 Å². The van der Waals surface area contributed by atoms with Gasteiger partial charge >= 0.3 is 0 Å². The summed E-state index contributed by atoms with van der Waals surface area (Å²) < 4.78 is 5.36. The second-order valence-corrected chi connectivity index (χ2v) is 6.96. The van der Waals surface area contributed by atoms with Crippen molar-refractivity contribution in [3.63, 3.8) is 0 Å². The van der Waals surface area contributed by atoms with Gasteiger partial charge in [0.15, 0.2) is 0 Å². The molecule has 1 amide bonds. The van der Waals surface area contributed by atoms with Crippen LogP contribution in [0, 0.1) is 6.92 Å². The van der Waals surface area contributed by atoms with Gasteiger partial charge < -0.3 is 15.0 Å². The molecule has 0 radical (unpaired) electrons. The highest BCUT2D eigenvalue weighted by atomic mass is 32.1. The molecule has 0 aliphatic carbocycles. The number of rotatable bonds is 5. The smallest absolute Gasteiger partial charge is 0.265 e. The summed E-state index contributed by atoms with van der Waals surface area (Å²) in [6, 6.07) is 0. The number of hydrogen-bond donors (Lipinski definition) is 1. The van der Waals surface area contributed by atoms with Crippen molar-refractivity contribution < 1.29 is 9.53 Å². The van der Waals surface area contributed by atoms with Crippen molar-refractivity contribution in [3.8, 4) is 0 Å². The molecule has 1 N–H and O–H groups in total. The molecule has 0 spiro atoms. The average Bonchev–Trinajstić information content (AvgIpc) is 2.82. The Morgan fingerprint density at radius 3 is 2.88 bits per heavy atom. The number of carbonyl (C=O) groups is 1. The molecule has 5 nitrogen and oxygen atoms in total. The molecule has 0 saturated carbocycles. The summed E-state index contributed by atoms with van der Waals surface area (Å²) in [4.78, 5) is 19.9. The highest BCUT2D eigenvalue weighted by molar-refractivity contribution is 7.14. The number of amides is 1. The van der Waals surface area contributed by atoms with Crippen molar-refractivity contribution in [1.29, 1.82) is 0 Å². The van der Waals surface area contributed by atoms with Gasteiger partial charge in [-0.25, -0.2) is 4.98 Å². The Morgan fingerprint density at radius 2 is 2.16 bits per heavy atom. The van der Waals surface area contributed by atoms with Crippen molar-refractivity contribution in [2.24, 2.45) is 0 Å². The third-order valence-electron chi connectivity index (χ3n) is 4.16. The van der Waals surface area contributed by atoms with Crippen LogP contribution in [0.3, 0.4) is 0 Å². The zero-order valence-electron chi connectivity index (χ0n) is 15.5. The summed E-state index contributed by atoms with van der Waals surface area (Å²) in [6.45, 7) is 9.26. The molecule has 0 aromatic carbocycles. The van der Waals surface area contributed by atoms with E-state index >= 15 is 0 Å². The lowest BCUT2D eigenvalue weighted by Crippen LogP contribution is -2.34. The van der Waals surface area contributed by atoms with Gasteiger partial charge in [-0.15, -0.1) is 11.3 Å². The first-order valence-corrected chi connectivity index (χ1v) is 9.41. The van der Waals surface area contributed by atoms with Crippen molar-refractivity contribution >= 4 is 23.3 Å². The largest absolute Gasteiger partial charge is 0.497 e. The second kappa shape index (κ2) is 9.53. The van der Waals surface area contributed by atoms with Crippen molar-refractivity contribution in [3.05, 3.63) is 45.1 Å². The number of nitrogens with one attached hydrogen (secondary N) is 1. The Balaban J connectivity index is 2.12. The Hall–Kier alpha value is -1.92. The first kappa shape index (κ1) is 19.4. The van der Waals surface area contributed by atoms with Gasteiger partial charge in [-0.2, -0.15) is 0 Å². The van der Waals surface area contributed by atoms with Crippen LogP contribution in [0.5, 0.6) is 0 Å². The van der Waals surface area contributed by atoms with Crippen LogP contribution in [-0.4, -0.2) is 49.1 Å². The maximum Gasteiger partial charge on any atom is 0.265 e. The standard InChI is InChI=1S/C19H27N3O2S/c1-5-14(2)16(24-4)8-6-9-17-21-15(3)18(25-17)19(23)22-12-7-10-20-11-13-22/h5-6,8-9,20H,7,10-13H2,1-4H3/b9-6+,14-5-,16-8+. The van der Waals surface area contributed by atoms with Gasteiger partial charge in [-0.3, -0.25) is 4.79 Å². The van der Waals surface area contributed by atoms with E-state index < -0.39 is 0 Å². The summed E-state index contributed by atoms with van der Waals surface area (Å²) in [6.07, 6.45) is 8.73. The minimum atomic E-state index is 0.0937. The maximum atomic E-state index is 12.7. The van der Waals surface area contributed by atoms with E-state index in [1.54, 1.807) is 7.11 Å². The molecule has 1 aromatic heterocycles. The topological polar surface area (TPSA) is 54.5 Å². The zero-order chi connectivity index (χ0) is 18.2. The van der Waals surface area contributed by atoms with E-state index in [0.29, 0.717) is 0 Å². The Kier molecular flexibility index (Phi) is 7.40. The second-order valence-electron chi connectivity index (χ2n) is 5.93. The van der Waals surface area contributed by atoms with Crippen LogP contribution < -0.4 is 5.32 Å². The van der Waals surface area contributed by atoms with Gasteiger partial charge in [-0.1, -0.05) is 12.2 Å². The van der Waals surface area contributed by atoms with E-state index in [1.165, 1.54) is 11.3 Å². The molecule has 1 aromatic rings. The zero-order valence-corrected chi connectivity index (χ0v) is 16.3. The molecule has 6 heteroatoms. The summed E-state index contributed by atoms with van der Waals surface area (Å²) in [5, 5.41) is 4.15. The van der Waals surface area contributed by atoms with Crippen LogP contribution in [0.4, 0.5) is 0 Å². The quantitative estimate of drug-likeness (QED) is 0.645. The molecule has 0 bridgehead atoms. The van der Waals surface area contributed by atoms with Crippen molar-refractivity contribution in [2.75, 3.05) is 33.3 Å². The Labute approximate surface area is 154 Å². The summed E-state index contributed by atoms with van der Waals surface area (Å²) in [7, 11) is 1.66. The van der Waals surface area contributed by atoms with Gasteiger partial charge in [0, 0.05) is 19.6 Å². The lowest BCUT2D eigenvalue weighted by Gasteiger charge is -2.19. The van der Waals surface area contributed by atoms with E-state index in [2.05, 4.69) is 10.3 Å². The molecular formula is C19H27N3O2S. The fourth-order valence-electron chi connectivity index (χ4n) is 2.60. The molecule has 2 rings (SSSR count). The lowest BCUT2D eigenvalue weighted by molar-refractivity contribution is 0.0770. The van der Waals surface area contributed by atoms with Crippen LogP contribution in [-0.2, 0) is 4.74 Å². The van der Waals surface area contributed by atoms with Crippen LogP contribution >= 0.6 is 11.3 Å². The fourth-order valence-corrected chi connectivity index (χ4v) is 3.55. The molecule has 0 unspecified atom stereocenters. The highest BCUT2D eigenvalue weighted by Crippen LogP contribution is 2.22. The van der Waals surface area contributed by atoms with E-state index in [1.807, 2.05) is 50.0 Å². The van der Waals surface area contributed by atoms with E-state index in [9.17, 15) is 4.79 Å². The normalized spacial score (nSPS) is 17.0. The van der Waals surface area contributed by atoms with Crippen LogP contribution in [0.15, 0.2) is 29.6 Å². The number of aromatic nitrogens is 1. The first-order valence-electron chi connectivity index (χ1n) is 8.60. The molecule has 1 saturated heterocycles. The van der Waals surface area contributed by atoms with E-state index in [4.69, 9.17) is 4.74 Å². The van der Waals surface area contributed by atoms with Gasteiger partial charge in [0.05, 0.1) is 12.8 Å². The van der Waals surface area contributed by atoms with E-state index in [0.717, 1.165) is 59.5 Å². The molecule has 1 fully saturated rings. The number of nitrogens with zero attached hydrogens (tertiary/aromatic N) is 2. The molecular weight excluding hydrogens is 334 g/mol. The Bertz CT molecular complexity index is 681. The molecule has 0 atom stereocenters. The SMILES string of the molecule is C\C=C(C)/C(=C\C=C\c1nc(C)c(C(=O)N2CCCNCC2)s1)OC. The van der Waals surface area contributed by atoms with Gasteiger partial charge in [0.25, 0.3) is 5.91 Å². The minimum absolute atomic E-state index is 0.0937. The number of methoxy groups -OCH3 is 1. The minimum Gasteiger partial charge on any atom is -0.497 e. The van der Waals surface area contributed by atoms with E-state index in [-0.39, 0.29) is 5.91 Å². The van der Waals surface area contributed by atoms with Gasteiger partial charge in [0.1, 0.15) is 15.6 Å². The number of ether oxygens (including phenoxy) is 1. The van der Waals surface area contributed by atoms with Crippen molar-refractivity contribution in [2.45, 2.75) is 27.2 Å². The number of allylic oxidation sites excluding steroid dienone is 4. The van der Waals surface area contributed by atoms with Crippen LogP contribution in [0.2, 0.25) is 0 Å². The molecule has 25 heavy (non-hydrogen) atoms. The number of carbonyl (C=O) groups excluding carboxylic acids is 1. The summed E-state index contributed by atoms with van der Waals surface area (Å²) in [5.41, 5.74) is 1.88. The molecule has 2 heterocycles. The monoisotopic (exact) mass is 361 g/mol. The summed E-state index contributed by atoms with van der Waals surface area (Å²) in [5.74, 6) is 0.914. The van der Waals surface area contributed by atoms with Gasteiger partial charge in [-0.05, 0) is 51.5 Å². The fraction of sp³-hybridized carbons (Fsp3) is 0.474. The molecule has 1 aliphatic rings. The number of aryl methyl sites for hydroxylation is 1. The molecule has 1 aliphatic heterocycles. The Morgan fingerprint density at radius 1 is 1.36 bits per heavy atom. The van der Waals surface area contributed by atoms with Crippen LogP contribution in [0.1, 0.15) is 40.6 Å². The number of hydrogen-bond acceptors (Lipinski definition) is 5. The van der Waals surface area contributed by atoms with Crippen molar-refractivity contribution in [1.82, 2.24) is 15.2 Å². The number of thiazole rings is 1. The maximum absolute atomic E-state index is 12.7.